The van der Waals surface area contributed by atoms with Crippen LogP contribution in [0.3, 0.4) is 0 Å². The number of fused-ring (bicyclic) bond motifs is 1. The molecule has 0 saturated heterocycles. The first kappa shape index (κ1) is 21.2. The van der Waals surface area contributed by atoms with Gasteiger partial charge in [0, 0.05) is 12.1 Å². The van der Waals surface area contributed by atoms with Gasteiger partial charge in [0.2, 0.25) is 5.91 Å². The quantitative estimate of drug-likeness (QED) is 0.678. The molecule has 30 heavy (non-hydrogen) atoms. The van der Waals surface area contributed by atoms with Crippen molar-refractivity contribution in [3.05, 3.63) is 47.5 Å². The molecule has 1 heterocycles. The predicted molar refractivity (Wildman–Crippen MR) is 111 cm³/mol. The van der Waals surface area contributed by atoms with Gasteiger partial charge in [-0.3, -0.25) is 9.59 Å². The number of carbonyl (C=O) groups excluding carboxylic acids is 3. The summed E-state index contributed by atoms with van der Waals surface area (Å²) in [4.78, 5) is 35.9. The van der Waals surface area contributed by atoms with E-state index in [2.05, 4.69) is 10.6 Å². The summed E-state index contributed by atoms with van der Waals surface area (Å²) in [6.45, 7) is 3.04. The van der Waals surface area contributed by atoms with Gasteiger partial charge in [0.1, 0.15) is 11.5 Å². The van der Waals surface area contributed by atoms with E-state index in [9.17, 15) is 14.4 Å². The Morgan fingerprint density at radius 2 is 1.97 bits per heavy atom. The third-order valence-electron chi connectivity index (χ3n) is 4.62. The van der Waals surface area contributed by atoms with E-state index in [0.717, 1.165) is 16.8 Å². The first-order chi connectivity index (χ1) is 14.4. The van der Waals surface area contributed by atoms with E-state index in [4.69, 9.17) is 14.2 Å². The van der Waals surface area contributed by atoms with Gasteiger partial charge >= 0.3 is 5.97 Å². The molecule has 2 aromatic rings. The summed E-state index contributed by atoms with van der Waals surface area (Å²) < 4.78 is 15.9. The number of esters is 1. The number of methoxy groups -OCH3 is 1. The van der Waals surface area contributed by atoms with Gasteiger partial charge in [-0.05, 0) is 61.7 Å². The summed E-state index contributed by atoms with van der Waals surface area (Å²) in [6, 6.07) is 10.6. The average molecular weight is 412 g/mol. The number of aryl methyl sites for hydroxylation is 2. The van der Waals surface area contributed by atoms with Crippen LogP contribution in [0.5, 0.6) is 11.5 Å². The third kappa shape index (κ3) is 5.28. The van der Waals surface area contributed by atoms with Crippen LogP contribution < -0.4 is 20.1 Å². The number of hydrogen-bond donors (Lipinski definition) is 2. The number of nitrogens with one attached hydrogen (secondary N) is 2. The van der Waals surface area contributed by atoms with Crippen LogP contribution in [0.4, 0.5) is 11.4 Å². The number of benzene rings is 2. The lowest BCUT2D eigenvalue weighted by Crippen LogP contribution is -2.31. The Morgan fingerprint density at radius 1 is 1.17 bits per heavy atom. The summed E-state index contributed by atoms with van der Waals surface area (Å²) >= 11 is 0. The molecule has 0 radical (unpaired) electrons. The topological polar surface area (TPSA) is 103 Å². The molecule has 0 spiro atoms. The van der Waals surface area contributed by atoms with Crippen molar-refractivity contribution in [1.29, 1.82) is 0 Å². The molecule has 3 rings (SSSR count). The van der Waals surface area contributed by atoms with Crippen LogP contribution in [-0.2, 0) is 25.5 Å². The molecule has 1 unspecified atom stereocenters. The molecule has 2 N–H and O–H groups in total. The molecule has 1 atom stereocenters. The number of ether oxygens (including phenoxy) is 3. The van der Waals surface area contributed by atoms with Crippen molar-refractivity contribution in [1.82, 2.24) is 0 Å². The molecule has 8 nitrogen and oxygen atoms in total. The fraction of sp³-hybridized carbons (Fsp3) is 0.318. The fourth-order valence-corrected chi connectivity index (χ4v) is 3.03. The highest BCUT2D eigenvalue weighted by molar-refractivity contribution is 5.96. The maximum Gasteiger partial charge on any atom is 0.344 e. The Labute approximate surface area is 174 Å². The zero-order valence-corrected chi connectivity index (χ0v) is 17.1. The number of amides is 2. The molecular weight excluding hydrogens is 388 g/mol. The van der Waals surface area contributed by atoms with Gasteiger partial charge in [-0.2, -0.15) is 0 Å². The fourth-order valence-electron chi connectivity index (χ4n) is 3.03. The van der Waals surface area contributed by atoms with E-state index >= 15 is 0 Å². The molecule has 0 aromatic heterocycles. The summed E-state index contributed by atoms with van der Waals surface area (Å²) in [5.41, 5.74) is 3.15. The lowest BCUT2D eigenvalue weighted by atomic mass is 10.0. The second kappa shape index (κ2) is 9.30. The predicted octanol–water partition coefficient (Wildman–Crippen LogP) is 2.84. The molecule has 0 aliphatic carbocycles. The minimum Gasteiger partial charge on any atom is -0.495 e. The molecule has 0 bridgehead atoms. The number of rotatable bonds is 7. The van der Waals surface area contributed by atoms with E-state index in [1.54, 1.807) is 30.3 Å². The van der Waals surface area contributed by atoms with Gasteiger partial charge in [-0.15, -0.1) is 0 Å². The van der Waals surface area contributed by atoms with Crippen molar-refractivity contribution >= 4 is 29.2 Å². The molecule has 8 heteroatoms. The molecule has 0 fully saturated rings. The Bertz CT molecular complexity index is 972. The lowest BCUT2D eigenvalue weighted by molar-refractivity contribution is -0.155. The normalized spacial score (nSPS) is 13.5. The van der Waals surface area contributed by atoms with Crippen molar-refractivity contribution in [2.24, 2.45) is 0 Å². The van der Waals surface area contributed by atoms with Crippen molar-refractivity contribution in [2.45, 2.75) is 32.8 Å². The van der Waals surface area contributed by atoms with Gasteiger partial charge in [0.15, 0.2) is 12.7 Å². The molecule has 1 aliphatic rings. The van der Waals surface area contributed by atoms with Crippen LogP contribution in [0.2, 0.25) is 0 Å². The van der Waals surface area contributed by atoms with Crippen molar-refractivity contribution in [2.75, 3.05) is 24.4 Å². The zero-order valence-electron chi connectivity index (χ0n) is 17.1. The van der Waals surface area contributed by atoms with Crippen LogP contribution in [0, 0.1) is 6.92 Å². The number of anilines is 2. The minimum absolute atomic E-state index is 0.0182. The molecule has 1 aliphatic heterocycles. The first-order valence-electron chi connectivity index (χ1n) is 9.56. The van der Waals surface area contributed by atoms with Crippen LogP contribution in [-0.4, -0.2) is 37.6 Å². The van der Waals surface area contributed by atoms with Gasteiger partial charge in [-0.25, -0.2) is 4.79 Å². The number of hydrogen-bond acceptors (Lipinski definition) is 6. The van der Waals surface area contributed by atoms with E-state index in [-0.39, 0.29) is 12.5 Å². The summed E-state index contributed by atoms with van der Waals surface area (Å²) in [5.74, 6) is -0.158. The molecular formula is C22H24N2O6. The van der Waals surface area contributed by atoms with E-state index in [1.807, 2.05) is 13.0 Å². The summed E-state index contributed by atoms with van der Waals surface area (Å²) in [6.07, 6.45) is 0.0179. The smallest absolute Gasteiger partial charge is 0.344 e. The van der Waals surface area contributed by atoms with Gasteiger partial charge < -0.3 is 24.8 Å². The average Bonchev–Trinajstić information content (AvgIpc) is 2.72. The standard InChI is InChI=1S/C22H24N2O6/c1-13-4-8-19(28-3)18(10-13)24-22(27)14(2)30-21(26)12-29-16-6-7-17-15(11-16)5-9-20(25)23-17/h4,6-8,10-11,14H,5,9,12H2,1-3H3,(H,23,25)(H,24,27). The Kier molecular flexibility index (Phi) is 6.56. The highest BCUT2D eigenvalue weighted by atomic mass is 16.6. The molecule has 2 amide bonds. The SMILES string of the molecule is COc1ccc(C)cc1NC(=O)C(C)OC(=O)COc1ccc2c(c1)CCC(=O)N2. The maximum absolute atomic E-state index is 12.4. The van der Waals surface area contributed by atoms with Gasteiger partial charge in [0.25, 0.3) is 5.91 Å². The van der Waals surface area contributed by atoms with E-state index in [0.29, 0.717) is 30.0 Å². The van der Waals surface area contributed by atoms with Gasteiger partial charge in [-0.1, -0.05) is 6.07 Å². The zero-order chi connectivity index (χ0) is 21.7. The maximum atomic E-state index is 12.4. The van der Waals surface area contributed by atoms with E-state index in [1.165, 1.54) is 14.0 Å². The van der Waals surface area contributed by atoms with Crippen molar-refractivity contribution < 1.29 is 28.6 Å². The van der Waals surface area contributed by atoms with Crippen LogP contribution in [0.1, 0.15) is 24.5 Å². The molecule has 2 aromatic carbocycles. The largest absolute Gasteiger partial charge is 0.495 e. The lowest BCUT2D eigenvalue weighted by Gasteiger charge is -2.18. The summed E-state index contributed by atoms with van der Waals surface area (Å²) in [5, 5.41) is 5.49. The number of carbonyl (C=O) groups is 3. The monoisotopic (exact) mass is 412 g/mol. The summed E-state index contributed by atoms with van der Waals surface area (Å²) in [7, 11) is 1.51. The highest BCUT2D eigenvalue weighted by Gasteiger charge is 2.20. The van der Waals surface area contributed by atoms with Crippen molar-refractivity contribution in [3.8, 4) is 11.5 Å². The Hall–Kier alpha value is -3.55. The Balaban J connectivity index is 1.51. The highest BCUT2D eigenvalue weighted by Crippen LogP contribution is 2.27. The van der Waals surface area contributed by atoms with Crippen LogP contribution >= 0.6 is 0 Å². The second-order valence-corrected chi connectivity index (χ2v) is 6.98. The molecule has 0 saturated carbocycles. The van der Waals surface area contributed by atoms with E-state index < -0.39 is 18.0 Å². The van der Waals surface area contributed by atoms with Crippen molar-refractivity contribution in [3.63, 3.8) is 0 Å². The molecule has 158 valence electrons. The minimum atomic E-state index is -1.01. The van der Waals surface area contributed by atoms with Gasteiger partial charge in [0.05, 0.1) is 12.8 Å². The van der Waals surface area contributed by atoms with Crippen LogP contribution in [0.25, 0.3) is 0 Å². The Morgan fingerprint density at radius 3 is 2.73 bits per heavy atom. The second-order valence-electron chi connectivity index (χ2n) is 6.98. The first-order valence-corrected chi connectivity index (χ1v) is 9.56. The third-order valence-corrected chi connectivity index (χ3v) is 4.62. The van der Waals surface area contributed by atoms with Crippen LogP contribution in [0.15, 0.2) is 36.4 Å².